The molecule has 3 aromatic rings. The van der Waals surface area contributed by atoms with Gasteiger partial charge in [-0.3, -0.25) is 4.90 Å². The van der Waals surface area contributed by atoms with E-state index in [-0.39, 0.29) is 0 Å². The summed E-state index contributed by atoms with van der Waals surface area (Å²) in [5.74, 6) is 1.38. The minimum absolute atomic E-state index is 0.298. The number of carbonyl (C=O) groups is 1. The van der Waals surface area contributed by atoms with Gasteiger partial charge in [-0.05, 0) is 63.4 Å². The van der Waals surface area contributed by atoms with Gasteiger partial charge < -0.3 is 10.1 Å². The van der Waals surface area contributed by atoms with Gasteiger partial charge >= 0.3 is 5.97 Å². The summed E-state index contributed by atoms with van der Waals surface area (Å²) >= 11 is 1.56. The summed E-state index contributed by atoms with van der Waals surface area (Å²) in [4.78, 5) is 27.9. The molecule has 0 spiro atoms. The van der Waals surface area contributed by atoms with E-state index in [1.165, 1.54) is 37.7 Å². The molecule has 1 aliphatic heterocycles. The number of likely N-dealkylation sites (tertiary alicyclic amines) is 1. The molecule has 0 bridgehead atoms. The predicted molar refractivity (Wildman–Crippen MR) is 119 cm³/mol. The summed E-state index contributed by atoms with van der Waals surface area (Å²) in [6, 6.07) is 6.44. The number of aryl methyl sites for hydroxylation is 1. The van der Waals surface area contributed by atoms with Gasteiger partial charge in [0.25, 0.3) is 0 Å². The fraction of sp³-hybridized carbons (Fsp3) is 0.455. The number of thiazole rings is 1. The van der Waals surface area contributed by atoms with Crippen molar-refractivity contribution < 1.29 is 9.53 Å². The molecule has 3 heterocycles. The predicted octanol–water partition coefficient (Wildman–Crippen LogP) is 4.55. The van der Waals surface area contributed by atoms with Gasteiger partial charge in [0.15, 0.2) is 10.9 Å². The number of aromatic nitrogens is 3. The molecule has 8 heteroatoms. The third-order valence-corrected chi connectivity index (χ3v) is 6.30. The Morgan fingerprint density at radius 1 is 1.30 bits per heavy atom. The maximum absolute atomic E-state index is 12.2. The Morgan fingerprint density at radius 3 is 2.87 bits per heavy atom. The van der Waals surface area contributed by atoms with Crippen LogP contribution in [0.25, 0.3) is 10.2 Å². The van der Waals surface area contributed by atoms with Gasteiger partial charge in [-0.2, -0.15) is 0 Å². The highest BCUT2D eigenvalue weighted by atomic mass is 32.1. The van der Waals surface area contributed by atoms with Crippen molar-refractivity contribution in [3.63, 3.8) is 0 Å². The first-order valence-corrected chi connectivity index (χ1v) is 11.2. The van der Waals surface area contributed by atoms with Crippen LogP contribution in [0, 0.1) is 12.8 Å². The molecule has 1 aliphatic rings. The van der Waals surface area contributed by atoms with E-state index in [9.17, 15) is 4.79 Å². The van der Waals surface area contributed by atoms with E-state index in [1.54, 1.807) is 25.2 Å². The van der Waals surface area contributed by atoms with Crippen molar-refractivity contribution in [2.75, 3.05) is 25.0 Å². The lowest BCUT2D eigenvalue weighted by atomic mass is 9.99. The van der Waals surface area contributed by atoms with Crippen LogP contribution in [-0.4, -0.2) is 45.5 Å². The Kier molecular flexibility index (Phi) is 6.24. The third-order valence-electron chi connectivity index (χ3n) is 5.37. The molecule has 0 radical (unpaired) electrons. The summed E-state index contributed by atoms with van der Waals surface area (Å²) < 4.78 is 6.23. The molecule has 4 rings (SSSR count). The Bertz CT molecular complexity index is 1040. The molecule has 0 amide bonds. The number of benzene rings is 1. The standard InChI is InChI=1S/C22H27N5O2S/c1-4-29-21(28)17-12-23-15(3)24-20(17)26-22-25-18-6-5-16(11-19(18)30-22)13-27-9-7-14(2)8-10-27/h5-6,11-12,14H,4,7-10,13H2,1-3H3,(H,23,24,25,26). The van der Waals surface area contributed by atoms with Crippen LogP contribution in [-0.2, 0) is 11.3 Å². The first kappa shape index (κ1) is 20.7. The highest BCUT2D eigenvalue weighted by Gasteiger charge is 2.18. The van der Waals surface area contributed by atoms with Crippen molar-refractivity contribution >= 4 is 38.5 Å². The number of fused-ring (bicyclic) bond motifs is 1. The zero-order valence-electron chi connectivity index (χ0n) is 17.6. The molecule has 0 aliphatic carbocycles. The van der Waals surface area contributed by atoms with Crippen LogP contribution >= 0.6 is 11.3 Å². The number of piperidine rings is 1. The molecule has 1 aromatic carbocycles. The molecule has 1 N–H and O–H groups in total. The fourth-order valence-electron chi connectivity index (χ4n) is 3.62. The zero-order valence-corrected chi connectivity index (χ0v) is 18.5. The molecular formula is C22H27N5O2S. The van der Waals surface area contributed by atoms with Crippen LogP contribution in [0.1, 0.15) is 48.4 Å². The summed E-state index contributed by atoms with van der Waals surface area (Å²) in [7, 11) is 0. The van der Waals surface area contributed by atoms with Gasteiger partial charge in [0.05, 0.1) is 16.8 Å². The molecule has 1 saturated heterocycles. The van der Waals surface area contributed by atoms with E-state index >= 15 is 0 Å². The number of rotatable bonds is 6. The molecule has 0 unspecified atom stereocenters. The summed E-state index contributed by atoms with van der Waals surface area (Å²) in [6.45, 7) is 9.49. The Hall–Kier alpha value is -2.58. The summed E-state index contributed by atoms with van der Waals surface area (Å²) in [5, 5.41) is 3.89. The van der Waals surface area contributed by atoms with Crippen molar-refractivity contribution in [1.82, 2.24) is 19.9 Å². The number of anilines is 2. The number of carbonyl (C=O) groups excluding carboxylic acids is 1. The van der Waals surface area contributed by atoms with Crippen molar-refractivity contribution in [1.29, 1.82) is 0 Å². The number of esters is 1. The number of nitrogens with one attached hydrogen (secondary N) is 1. The normalized spacial score (nSPS) is 15.4. The minimum Gasteiger partial charge on any atom is -0.462 e. The van der Waals surface area contributed by atoms with E-state index in [0.29, 0.717) is 28.9 Å². The Balaban J connectivity index is 1.53. The molecular weight excluding hydrogens is 398 g/mol. The molecule has 30 heavy (non-hydrogen) atoms. The van der Waals surface area contributed by atoms with E-state index in [1.807, 2.05) is 0 Å². The van der Waals surface area contributed by atoms with E-state index in [2.05, 4.69) is 50.3 Å². The maximum atomic E-state index is 12.2. The lowest BCUT2D eigenvalue weighted by Crippen LogP contribution is -2.32. The topological polar surface area (TPSA) is 80.2 Å². The first-order valence-electron chi connectivity index (χ1n) is 10.4. The maximum Gasteiger partial charge on any atom is 0.343 e. The Labute approximate surface area is 180 Å². The molecule has 158 valence electrons. The lowest BCUT2D eigenvalue weighted by molar-refractivity contribution is 0.0526. The third kappa shape index (κ3) is 4.76. The van der Waals surface area contributed by atoms with Crippen LogP contribution in [0.15, 0.2) is 24.4 Å². The monoisotopic (exact) mass is 425 g/mol. The van der Waals surface area contributed by atoms with E-state index in [4.69, 9.17) is 4.74 Å². The fourth-order valence-corrected chi connectivity index (χ4v) is 4.55. The average Bonchev–Trinajstić information content (AvgIpc) is 3.11. The number of nitrogens with zero attached hydrogens (tertiary/aromatic N) is 4. The first-order chi connectivity index (χ1) is 14.5. The van der Waals surface area contributed by atoms with Crippen LogP contribution in [0.5, 0.6) is 0 Å². The summed E-state index contributed by atoms with van der Waals surface area (Å²) in [5.41, 5.74) is 2.54. The lowest BCUT2D eigenvalue weighted by Gasteiger charge is -2.30. The van der Waals surface area contributed by atoms with Crippen molar-refractivity contribution in [2.24, 2.45) is 5.92 Å². The second-order valence-electron chi connectivity index (χ2n) is 7.80. The second kappa shape index (κ2) is 9.06. The summed E-state index contributed by atoms with van der Waals surface area (Å²) in [6.07, 6.45) is 4.05. The molecule has 1 fully saturated rings. The van der Waals surface area contributed by atoms with Gasteiger partial charge in [0.2, 0.25) is 0 Å². The van der Waals surface area contributed by atoms with Crippen molar-refractivity contribution in [3.05, 3.63) is 41.3 Å². The van der Waals surface area contributed by atoms with Crippen LogP contribution in [0.4, 0.5) is 10.9 Å². The van der Waals surface area contributed by atoms with Gasteiger partial charge in [0.1, 0.15) is 11.4 Å². The van der Waals surface area contributed by atoms with Crippen molar-refractivity contribution in [2.45, 2.75) is 40.2 Å². The quantitative estimate of drug-likeness (QED) is 0.581. The van der Waals surface area contributed by atoms with E-state index < -0.39 is 5.97 Å². The molecule has 2 aromatic heterocycles. The minimum atomic E-state index is -0.445. The number of ether oxygens (including phenoxy) is 1. The van der Waals surface area contributed by atoms with Crippen LogP contribution in [0.3, 0.4) is 0 Å². The van der Waals surface area contributed by atoms with Gasteiger partial charge in [-0.25, -0.2) is 19.7 Å². The van der Waals surface area contributed by atoms with Crippen LogP contribution in [0.2, 0.25) is 0 Å². The van der Waals surface area contributed by atoms with E-state index in [0.717, 1.165) is 22.7 Å². The smallest absolute Gasteiger partial charge is 0.343 e. The largest absolute Gasteiger partial charge is 0.462 e. The van der Waals surface area contributed by atoms with Gasteiger partial charge in [-0.1, -0.05) is 24.3 Å². The zero-order chi connectivity index (χ0) is 21.1. The van der Waals surface area contributed by atoms with Crippen LogP contribution < -0.4 is 5.32 Å². The molecule has 7 nitrogen and oxygen atoms in total. The molecule has 0 saturated carbocycles. The van der Waals surface area contributed by atoms with Gasteiger partial charge in [0, 0.05) is 12.7 Å². The Morgan fingerprint density at radius 2 is 2.10 bits per heavy atom. The van der Waals surface area contributed by atoms with Gasteiger partial charge in [-0.15, -0.1) is 0 Å². The number of hydrogen-bond donors (Lipinski definition) is 1. The highest BCUT2D eigenvalue weighted by Crippen LogP contribution is 2.30. The van der Waals surface area contributed by atoms with Crippen molar-refractivity contribution in [3.8, 4) is 0 Å². The highest BCUT2D eigenvalue weighted by molar-refractivity contribution is 7.22. The second-order valence-corrected chi connectivity index (χ2v) is 8.84. The number of hydrogen-bond acceptors (Lipinski definition) is 8. The molecule has 0 atom stereocenters. The SMILES string of the molecule is CCOC(=O)c1cnc(C)nc1Nc1nc2ccc(CN3CCC(C)CC3)cc2s1. The average molecular weight is 426 g/mol.